The van der Waals surface area contributed by atoms with Crippen LogP contribution in [0.2, 0.25) is 0 Å². The highest BCUT2D eigenvalue weighted by Gasteiger charge is 2.30. The van der Waals surface area contributed by atoms with Gasteiger partial charge in [0.15, 0.2) is 0 Å². The first-order valence-corrected chi connectivity index (χ1v) is 8.15. The second-order valence-corrected chi connectivity index (χ2v) is 5.85. The summed E-state index contributed by atoms with van der Waals surface area (Å²) >= 11 is 0. The van der Waals surface area contributed by atoms with E-state index in [4.69, 9.17) is 0 Å². The van der Waals surface area contributed by atoms with E-state index >= 15 is 0 Å². The summed E-state index contributed by atoms with van der Waals surface area (Å²) in [6, 6.07) is 6.81. The number of alkyl halides is 3. The number of anilines is 1. The minimum Gasteiger partial charge on any atom is -0.370 e. The van der Waals surface area contributed by atoms with Crippen molar-refractivity contribution in [2.75, 3.05) is 11.9 Å². The zero-order valence-corrected chi connectivity index (χ0v) is 14.2. The van der Waals surface area contributed by atoms with Crippen molar-refractivity contribution in [3.05, 3.63) is 60.4 Å². The van der Waals surface area contributed by atoms with Gasteiger partial charge in [-0.25, -0.2) is 15.0 Å². The number of hydrogen-bond acceptors (Lipinski definition) is 4. The number of nitrogens with one attached hydrogen (secondary N) is 1. The van der Waals surface area contributed by atoms with E-state index in [1.165, 1.54) is 6.07 Å². The SMILES string of the molecule is Cc1nc(NCCCn2ccnc2)cc(-c2cccc(C(F)(F)F)c2)n1. The summed E-state index contributed by atoms with van der Waals surface area (Å²) in [5.74, 6) is 1.09. The van der Waals surface area contributed by atoms with Gasteiger partial charge in [0.2, 0.25) is 0 Å². The van der Waals surface area contributed by atoms with E-state index in [0.717, 1.165) is 25.1 Å². The van der Waals surface area contributed by atoms with Gasteiger partial charge in [-0.05, 0) is 25.5 Å². The summed E-state index contributed by atoms with van der Waals surface area (Å²) in [6.07, 6.45) is 1.84. The highest BCUT2D eigenvalue weighted by atomic mass is 19.4. The molecule has 0 aliphatic heterocycles. The molecule has 0 spiro atoms. The van der Waals surface area contributed by atoms with E-state index < -0.39 is 11.7 Å². The quantitative estimate of drug-likeness (QED) is 0.670. The van der Waals surface area contributed by atoms with E-state index in [-0.39, 0.29) is 0 Å². The fourth-order valence-electron chi connectivity index (χ4n) is 2.56. The van der Waals surface area contributed by atoms with Crippen molar-refractivity contribution < 1.29 is 13.2 Å². The lowest BCUT2D eigenvalue weighted by atomic mass is 10.1. The molecule has 0 unspecified atom stereocenters. The van der Waals surface area contributed by atoms with Crippen molar-refractivity contribution in [3.63, 3.8) is 0 Å². The Bertz CT molecular complexity index is 860. The molecule has 0 amide bonds. The van der Waals surface area contributed by atoms with Crippen molar-refractivity contribution in [1.82, 2.24) is 19.5 Å². The second-order valence-electron chi connectivity index (χ2n) is 5.85. The van der Waals surface area contributed by atoms with Crippen LogP contribution >= 0.6 is 0 Å². The van der Waals surface area contributed by atoms with Crippen LogP contribution in [0.3, 0.4) is 0 Å². The number of benzene rings is 1. The molecule has 1 N–H and O–H groups in total. The molecular formula is C18H18F3N5. The van der Waals surface area contributed by atoms with Gasteiger partial charge < -0.3 is 9.88 Å². The molecule has 2 aromatic heterocycles. The lowest BCUT2D eigenvalue weighted by Gasteiger charge is -2.11. The first kappa shape index (κ1) is 17.9. The van der Waals surface area contributed by atoms with Gasteiger partial charge in [0.1, 0.15) is 11.6 Å². The van der Waals surface area contributed by atoms with Gasteiger partial charge in [0.05, 0.1) is 17.6 Å². The molecule has 3 rings (SSSR count). The minimum absolute atomic E-state index is 0.409. The van der Waals surface area contributed by atoms with Crippen LogP contribution in [0.4, 0.5) is 19.0 Å². The van der Waals surface area contributed by atoms with Gasteiger partial charge in [0.25, 0.3) is 0 Å². The van der Waals surface area contributed by atoms with Crippen molar-refractivity contribution in [2.45, 2.75) is 26.1 Å². The Balaban J connectivity index is 1.71. The average Bonchev–Trinajstić information content (AvgIpc) is 3.11. The van der Waals surface area contributed by atoms with E-state index in [1.807, 2.05) is 10.8 Å². The first-order valence-electron chi connectivity index (χ1n) is 8.15. The predicted octanol–water partition coefficient (Wildman–Crippen LogP) is 4.17. The van der Waals surface area contributed by atoms with E-state index in [0.29, 0.717) is 29.4 Å². The van der Waals surface area contributed by atoms with Crippen LogP contribution in [0.1, 0.15) is 17.8 Å². The molecule has 2 heterocycles. The lowest BCUT2D eigenvalue weighted by molar-refractivity contribution is -0.137. The third kappa shape index (κ3) is 4.59. The normalized spacial score (nSPS) is 11.5. The van der Waals surface area contributed by atoms with Crippen molar-refractivity contribution in [2.24, 2.45) is 0 Å². The molecule has 3 aromatic rings. The minimum atomic E-state index is -4.38. The Morgan fingerprint density at radius 1 is 1.15 bits per heavy atom. The van der Waals surface area contributed by atoms with Crippen LogP contribution in [0.15, 0.2) is 49.1 Å². The topological polar surface area (TPSA) is 55.6 Å². The second kappa shape index (κ2) is 7.55. The maximum atomic E-state index is 12.9. The van der Waals surface area contributed by atoms with Crippen molar-refractivity contribution >= 4 is 5.82 Å². The fourth-order valence-corrected chi connectivity index (χ4v) is 2.56. The van der Waals surface area contributed by atoms with Gasteiger partial charge >= 0.3 is 6.18 Å². The fraction of sp³-hybridized carbons (Fsp3) is 0.278. The molecule has 5 nitrogen and oxygen atoms in total. The molecule has 26 heavy (non-hydrogen) atoms. The third-order valence-corrected chi connectivity index (χ3v) is 3.78. The molecule has 136 valence electrons. The van der Waals surface area contributed by atoms with Crippen molar-refractivity contribution in [3.8, 4) is 11.3 Å². The largest absolute Gasteiger partial charge is 0.416 e. The summed E-state index contributed by atoms with van der Waals surface area (Å²) in [6.45, 7) is 3.21. The number of nitrogens with zero attached hydrogens (tertiary/aromatic N) is 4. The number of halogens is 3. The lowest BCUT2D eigenvalue weighted by Crippen LogP contribution is -2.08. The summed E-state index contributed by atoms with van der Waals surface area (Å²) < 4.78 is 40.7. The smallest absolute Gasteiger partial charge is 0.370 e. The maximum Gasteiger partial charge on any atom is 0.416 e. The molecule has 0 fully saturated rings. The average molecular weight is 361 g/mol. The molecule has 1 aromatic carbocycles. The van der Waals surface area contributed by atoms with Crippen LogP contribution in [-0.4, -0.2) is 26.1 Å². The molecule has 0 bridgehead atoms. The van der Waals surface area contributed by atoms with Crippen LogP contribution in [-0.2, 0) is 12.7 Å². The summed E-state index contributed by atoms with van der Waals surface area (Å²) in [5, 5.41) is 3.20. The highest BCUT2D eigenvalue weighted by molar-refractivity contribution is 5.63. The Kier molecular flexibility index (Phi) is 5.20. The monoisotopic (exact) mass is 361 g/mol. The predicted molar refractivity (Wildman–Crippen MR) is 92.5 cm³/mol. The Morgan fingerprint density at radius 3 is 2.73 bits per heavy atom. The molecule has 0 atom stereocenters. The first-order chi connectivity index (χ1) is 12.4. The molecule has 0 aliphatic rings. The molecule has 8 heteroatoms. The maximum absolute atomic E-state index is 12.9. The highest BCUT2D eigenvalue weighted by Crippen LogP contribution is 2.32. The van der Waals surface area contributed by atoms with Gasteiger partial charge in [-0.1, -0.05) is 12.1 Å². The Labute approximate surface area is 148 Å². The summed E-state index contributed by atoms with van der Waals surface area (Å²) in [5.41, 5.74) is 0.175. The van der Waals surface area contributed by atoms with Crippen molar-refractivity contribution in [1.29, 1.82) is 0 Å². The molecule has 0 saturated heterocycles. The third-order valence-electron chi connectivity index (χ3n) is 3.78. The van der Waals surface area contributed by atoms with Crippen LogP contribution in [0.25, 0.3) is 11.3 Å². The molecular weight excluding hydrogens is 343 g/mol. The number of aryl methyl sites for hydroxylation is 2. The number of rotatable bonds is 6. The Hall–Kier alpha value is -2.90. The summed E-state index contributed by atoms with van der Waals surface area (Å²) in [4.78, 5) is 12.5. The van der Waals surface area contributed by atoms with Crippen LogP contribution in [0.5, 0.6) is 0 Å². The number of hydrogen-bond donors (Lipinski definition) is 1. The van der Waals surface area contributed by atoms with Crippen LogP contribution in [0, 0.1) is 6.92 Å². The Morgan fingerprint density at radius 2 is 2.00 bits per heavy atom. The van der Waals surface area contributed by atoms with Gasteiger partial charge in [-0.15, -0.1) is 0 Å². The molecule has 0 aliphatic carbocycles. The van der Waals surface area contributed by atoms with E-state index in [9.17, 15) is 13.2 Å². The number of imidazole rings is 1. The van der Waals surface area contributed by atoms with Gasteiger partial charge in [-0.3, -0.25) is 0 Å². The zero-order valence-electron chi connectivity index (χ0n) is 14.2. The van der Waals surface area contributed by atoms with Gasteiger partial charge in [0, 0.05) is 37.1 Å². The standard InChI is InChI=1S/C18H18F3N5/c1-13-24-16(14-4-2-5-15(10-14)18(19,20)21)11-17(25-13)23-6-3-8-26-9-7-22-12-26/h2,4-5,7,9-12H,3,6,8H2,1H3,(H,23,24,25). The van der Waals surface area contributed by atoms with Gasteiger partial charge in [-0.2, -0.15) is 13.2 Å². The molecule has 0 radical (unpaired) electrons. The number of aromatic nitrogens is 4. The van der Waals surface area contributed by atoms with E-state index in [1.54, 1.807) is 31.6 Å². The molecule has 0 saturated carbocycles. The zero-order chi connectivity index (χ0) is 18.6. The summed E-state index contributed by atoms with van der Waals surface area (Å²) in [7, 11) is 0. The van der Waals surface area contributed by atoms with E-state index in [2.05, 4.69) is 20.3 Å². The van der Waals surface area contributed by atoms with Crippen LogP contribution < -0.4 is 5.32 Å².